The quantitative estimate of drug-likeness (QED) is 0.243. The molecule has 0 N–H and O–H groups in total. The van der Waals surface area contributed by atoms with E-state index in [-0.39, 0.29) is 5.97 Å². The van der Waals surface area contributed by atoms with Crippen LogP contribution in [0.15, 0.2) is 42.5 Å². The van der Waals surface area contributed by atoms with E-state index < -0.39 is 0 Å². The van der Waals surface area contributed by atoms with Crippen LogP contribution >= 0.6 is 0 Å². The lowest BCUT2D eigenvalue weighted by molar-refractivity contribution is -0.107. The molecule has 0 aromatic heterocycles. The Morgan fingerprint density at radius 3 is 2.32 bits per heavy atom. The number of hydrogen-bond acceptors (Lipinski definition) is 3. The molecule has 1 aromatic rings. The maximum atomic E-state index is 11.7. The lowest BCUT2D eigenvalue weighted by atomic mass is 10.1. The van der Waals surface area contributed by atoms with Crippen molar-refractivity contribution in [3.8, 4) is 0 Å². The van der Waals surface area contributed by atoms with Crippen molar-refractivity contribution in [2.24, 2.45) is 0 Å². The van der Waals surface area contributed by atoms with Gasteiger partial charge in [-0.3, -0.25) is 0 Å². The second-order valence-electron chi connectivity index (χ2n) is 5.29. The molecule has 0 atom stereocenters. The number of esters is 1. The topological polar surface area (TPSA) is 43.4 Å². The van der Waals surface area contributed by atoms with E-state index in [4.69, 9.17) is 4.74 Å². The van der Waals surface area contributed by atoms with Gasteiger partial charge in [-0.2, -0.15) is 0 Å². The van der Waals surface area contributed by atoms with Gasteiger partial charge >= 0.3 is 5.97 Å². The minimum Gasteiger partial charge on any atom is -0.462 e. The molecule has 0 radical (unpaired) electrons. The Morgan fingerprint density at radius 1 is 0.909 bits per heavy atom. The molecule has 0 aliphatic heterocycles. The molecule has 0 saturated heterocycles. The molecule has 3 heteroatoms. The zero-order chi connectivity index (χ0) is 15.9. The van der Waals surface area contributed by atoms with E-state index in [0.717, 1.165) is 25.5 Å². The van der Waals surface area contributed by atoms with Gasteiger partial charge in [0, 0.05) is 6.42 Å². The van der Waals surface area contributed by atoms with Gasteiger partial charge in [-0.1, -0.05) is 56.0 Å². The Hall–Kier alpha value is -1.90. The normalized spacial score (nSPS) is 10.7. The highest BCUT2D eigenvalue weighted by molar-refractivity contribution is 5.89. The zero-order valence-corrected chi connectivity index (χ0v) is 13.2. The smallest absolute Gasteiger partial charge is 0.338 e. The number of aldehydes is 1. The number of allylic oxidation sites excluding steroid dienone is 2. The summed E-state index contributed by atoms with van der Waals surface area (Å²) in [6.07, 6.45) is 13.3. The summed E-state index contributed by atoms with van der Waals surface area (Å²) in [5, 5.41) is 0. The third kappa shape index (κ3) is 9.11. The van der Waals surface area contributed by atoms with Crippen molar-refractivity contribution in [1.82, 2.24) is 0 Å². The van der Waals surface area contributed by atoms with E-state index in [1.807, 2.05) is 24.3 Å². The third-order valence-electron chi connectivity index (χ3n) is 3.41. The first-order chi connectivity index (χ1) is 10.8. The molecule has 0 aliphatic carbocycles. The van der Waals surface area contributed by atoms with Crippen LogP contribution in [0, 0.1) is 0 Å². The van der Waals surface area contributed by atoms with Gasteiger partial charge in [0.05, 0.1) is 12.2 Å². The molecule has 0 saturated carbocycles. The summed E-state index contributed by atoms with van der Waals surface area (Å²) in [7, 11) is 0. The fraction of sp³-hybridized carbons (Fsp3) is 0.474. The van der Waals surface area contributed by atoms with Gasteiger partial charge in [-0.05, 0) is 31.4 Å². The Labute approximate surface area is 133 Å². The maximum Gasteiger partial charge on any atom is 0.338 e. The number of carbonyl (C=O) groups is 2. The van der Waals surface area contributed by atoms with Crippen LogP contribution in [-0.4, -0.2) is 18.9 Å². The van der Waals surface area contributed by atoms with E-state index in [9.17, 15) is 9.59 Å². The predicted molar refractivity (Wildman–Crippen MR) is 88.9 cm³/mol. The molecule has 22 heavy (non-hydrogen) atoms. The zero-order valence-electron chi connectivity index (χ0n) is 13.2. The van der Waals surface area contributed by atoms with Crippen LogP contribution in [0.5, 0.6) is 0 Å². The standard InChI is InChI=1S/C19H26O3/c20-16-12-7-5-3-1-2-4-6-8-13-17-22-19(21)18-14-10-9-11-15-18/h5,7,9-11,14-16H,1-4,6,8,12-13,17H2/b7-5+. The largest absolute Gasteiger partial charge is 0.462 e. The second-order valence-corrected chi connectivity index (χ2v) is 5.29. The van der Waals surface area contributed by atoms with Gasteiger partial charge in [0.2, 0.25) is 0 Å². The molecule has 0 bridgehead atoms. The van der Waals surface area contributed by atoms with Gasteiger partial charge in [-0.25, -0.2) is 4.79 Å². The van der Waals surface area contributed by atoms with E-state index in [1.54, 1.807) is 12.1 Å². The van der Waals surface area contributed by atoms with Crippen LogP contribution < -0.4 is 0 Å². The molecule has 0 aliphatic rings. The summed E-state index contributed by atoms with van der Waals surface area (Å²) in [5.74, 6) is -0.234. The highest BCUT2D eigenvalue weighted by atomic mass is 16.5. The van der Waals surface area contributed by atoms with Crippen molar-refractivity contribution in [3.05, 3.63) is 48.0 Å². The molecule has 0 fully saturated rings. The molecule has 0 spiro atoms. The molecule has 3 nitrogen and oxygen atoms in total. The number of carbonyl (C=O) groups excluding carboxylic acids is 2. The lowest BCUT2D eigenvalue weighted by Gasteiger charge is -2.04. The molecule has 0 unspecified atom stereocenters. The van der Waals surface area contributed by atoms with Crippen LogP contribution in [-0.2, 0) is 9.53 Å². The summed E-state index contributed by atoms with van der Waals surface area (Å²) < 4.78 is 5.23. The first-order valence-electron chi connectivity index (χ1n) is 8.15. The van der Waals surface area contributed by atoms with Gasteiger partial charge < -0.3 is 9.53 Å². The fourth-order valence-corrected chi connectivity index (χ4v) is 2.16. The number of rotatable bonds is 12. The summed E-state index contributed by atoms with van der Waals surface area (Å²) >= 11 is 0. The number of hydrogen-bond donors (Lipinski definition) is 0. The van der Waals surface area contributed by atoms with Crippen molar-refractivity contribution in [1.29, 1.82) is 0 Å². The molecule has 0 amide bonds. The average Bonchev–Trinajstić information content (AvgIpc) is 2.56. The summed E-state index contributed by atoms with van der Waals surface area (Å²) in [6.45, 7) is 0.502. The summed E-state index contributed by atoms with van der Waals surface area (Å²) in [4.78, 5) is 21.8. The van der Waals surface area contributed by atoms with Crippen molar-refractivity contribution < 1.29 is 14.3 Å². The van der Waals surface area contributed by atoms with Crippen LogP contribution in [0.3, 0.4) is 0 Å². The first-order valence-corrected chi connectivity index (χ1v) is 8.15. The maximum absolute atomic E-state index is 11.7. The Kier molecular flexibility index (Phi) is 10.6. The van der Waals surface area contributed by atoms with E-state index in [0.29, 0.717) is 18.6 Å². The SMILES string of the molecule is O=CC/C=C/CCCCCCCCOC(=O)c1ccccc1. The molecule has 1 rings (SSSR count). The fourth-order valence-electron chi connectivity index (χ4n) is 2.16. The van der Waals surface area contributed by atoms with Crippen molar-refractivity contribution >= 4 is 12.3 Å². The third-order valence-corrected chi connectivity index (χ3v) is 3.41. The molecule has 120 valence electrons. The Bertz CT molecular complexity index is 437. The van der Waals surface area contributed by atoms with Gasteiger partial charge in [-0.15, -0.1) is 0 Å². The van der Waals surface area contributed by atoms with Gasteiger partial charge in [0.15, 0.2) is 0 Å². The lowest BCUT2D eigenvalue weighted by Crippen LogP contribution is -2.06. The second kappa shape index (κ2) is 12.8. The molecule has 1 aromatic carbocycles. The van der Waals surface area contributed by atoms with E-state index in [2.05, 4.69) is 6.08 Å². The van der Waals surface area contributed by atoms with Crippen LogP contribution in [0.1, 0.15) is 61.7 Å². The number of benzene rings is 1. The minimum absolute atomic E-state index is 0.234. The molecule has 0 heterocycles. The minimum atomic E-state index is -0.234. The monoisotopic (exact) mass is 302 g/mol. The summed E-state index contributed by atoms with van der Waals surface area (Å²) in [6, 6.07) is 9.10. The van der Waals surface area contributed by atoms with E-state index >= 15 is 0 Å². The van der Waals surface area contributed by atoms with Crippen LogP contribution in [0.2, 0.25) is 0 Å². The van der Waals surface area contributed by atoms with Crippen LogP contribution in [0.4, 0.5) is 0 Å². The van der Waals surface area contributed by atoms with Gasteiger partial charge in [0.1, 0.15) is 6.29 Å². The van der Waals surface area contributed by atoms with Crippen molar-refractivity contribution in [2.45, 2.75) is 51.4 Å². The number of unbranched alkanes of at least 4 members (excludes halogenated alkanes) is 6. The Morgan fingerprint density at radius 2 is 1.59 bits per heavy atom. The van der Waals surface area contributed by atoms with Crippen LogP contribution in [0.25, 0.3) is 0 Å². The van der Waals surface area contributed by atoms with Crippen molar-refractivity contribution in [2.75, 3.05) is 6.61 Å². The first kappa shape index (κ1) is 18.1. The van der Waals surface area contributed by atoms with Crippen molar-refractivity contribution in [3.63, 3.8) is 0 Å². The van der Waals surface area contributed by atoms with E-state index in [1.165, 1.54) is 25.7 Å². The highest BCUT2D eigenvalue weighted by Crippen LogP contribution is 2.08. The van der Waals surface area contributed by atoms with Gasteiger partial charge in [0.25, 0.3) is 0 Å². The average molecular weight is 302 g/mol. The number of ether oxygens (including phenoxy) is 1. The predicted octanol–water partition coefficient (Wildman–Crippen LogP) is 4.72. The summed E-state index contributed by atoms with van der Waals surface area (Å²) in [5.41, 5.74) is 0.616. The Balaban J connectivity index is 1.89. The highest BCUT2D eigenvalue weighted by Gasteiger charge is 2.04. The molecular weight excluding hydrogens is 276 g/mol. The molecular formula is C19H26O3.